The molecule has 1 atom stereocenters. The van der Waals surface area contributed by atoms with Crippen LogP contribution in [0.25, 0.3) is 0 Å². The minimum atomic E-state index is -0.524. The molecule has 2 fully saturated rings. The van der Waals surface area contributed by atoms with Gasteiger partial charge in [-0.1, -0.05) is 6.07 Å². The van der Waals surface area contributed by atoms with Gasteiger partial charge < -0.3 is 19.5 Å². The predicted molar refractivity (Wildman–Crippen MR) is 112 cm³/mol. The standard InChI is InChI=1S/C22H34N4O3/c1-24-9-11-26(12-10-24)16-20(27)17-29-22-13-21(28-2)4-3-19(22)15-25-7-5-18(14-23)6-8-25/h3-4,13,18,20,27H,5-12,15-17H2,1-2H3/t20-/m1/s1. The van der Waals surface area contributed by atoms with Crippen LogP contribution in [0, 0.1) is 17.2 Å². The number of hydrogen-bond acceptors (Lipinski definition) is 7. The van der Waals surface area contributed by atoms with Crippen molar-refractivity contribution < 1.29 is 14.6 Å². The van der Waals surface area contributed by atoms with Gasteiger partial charge >= 0.3 is 0 Å². The molecule has 3 rings (SSSR count). The minimum Gasteiger partial charge on any atom is -0.497 e. The third-order valence-electron chi connectivity index (χ3n) is 5.93. The highest BCUT2D eigenvalue weighted by atomic mass is 16.5. The van der Waals surface area contributed by atoms with Crippen LogP contribution in [-0.2, 0) is 6.54 Å². The summed E-state index contributed by atoms with van der Waals surface area (Å²) in [6.45, 7) is 7.58. The molecule has 7 heteroatoms. The normalized spacial score (nSPS) is 20.9. The van der Waals surface area contributed by atoms with Crippen molar-refractivity contribution >= 4 is 0 Å². The van der Waals surface area contributed by atoms with E-state index >= 15 is 0 Å². The summed E-state index contributed by atoms with van der Waals surface area (Å²) in [7, 11) is 3.78. The molecule has 0 spiro atoms. The number of aliphatic hydroxyl groups excluding tert-OH is 1. The summed E-state index contributed by atoms with van der Waals surface area (Å²) in [6, 6.07) is 8.27. The summed E-state index contributed by atoms with van der Waals surface area (Å²) in [5.41, 5.74) is 1.09. The first-order valence-electron chi connectivity index (χ1n) is 10.6. The van der Waals surface area contributed by atoms with Gasteiger partial charge in [0.2, 0.25) is 0 Å². The van der Waals surface area contributed by atoms with Gasteiger partial charge in [-0.15, -0.1) is 0 Å². The zero-order valence-electron chi connectivity index (χ0n) is 17.7. The molecule has 160 valence electrons. The Labute approximate surface area is 174 Å². The maximum Gasteiger partial charge on any atom is 0.127 e. The zero-order chi connectivity index (χ0) is 20.6. The Kier molecular flexibility index (Phi) is 8.13. The number of β-amino-alcohol motifs (C(OH)–C–C–N with tert-alkyl or cyclic N) is 1. The van der Waals surface area contributed by atoms with Crippen molar-refractivity contribution in [3.8, 4) is 17.6 Å². The monoisotopic (exact) mass is 402 g/mol. The van der Waals surface area contributed by atoms with E-state index in [1.807, 2.05) is 18.2 Å². The van der Waals surface area contributed by atoms with E-state index < -0.39 is 6.10 Å². The zero-order valence-corrected chi connectivity index (χ0v) is 17.7. The van der Waals surface area contributed by atoms with Crippen molar-refractivity contribution in [3.63, 3.8) is 0 Å². The number of likely N-dealkylation sites (tertiary alicyclic amines) is 1. The Morgan fingerprint density at radius 2 is 1.86 bits per heavy atom. The van der Waals surface area contributed by atoms with Gasteiger partial charge in [-0.25, -0.2) is 0 Å². The van der Waals surface area contributed by atoms with Crippen molar-refractivity contribution in [3.05, 3.63) is 23.8 Å². The highest BCUT2D eigenvalue weighted by Crippen LogP contribution is 2.28. The fourth-order valence-corrected chi connectivity index (χ4v) is 3.96. The van der Waals surface area contributed by atoms with E-state index in [1.165, 1.54) is 0 Å². The Balaban J connectivity index is 1.55. The lowest BCUT2D eigenvalue weighted by Gasteiger charge is -2.33. The number of piperazine rings is 1. The quantitative estimate of drug-likeness (QED) is 0.705. The topological polar surface area (TPSA) is 72.2 Å². The van der Waals surface area contributed by atoms with Gasteiger partial charge in [0.15, 0.2) is 0 Å². The first-order chi connectivity index (χ1) is 14.1. The van der Waals surface area contributed by atoms with Crippen molar-refractivity contribution in [1.82, 2.24) is 14.7 Å². The van der Waals surface area contributed by atoms with E-state index in [0.717, 1.165) is 75.7 Å². The number of nitriles is 1. The number of nitrogens with zero attached hydrogens (tertiary/aromatic N) is 4. The molecule has 1 aromatic carbocycles. The van der Waals surface area contributed by atoms with Crippen LogP contribution in [-0.4, -0.2) is 92.5 Å². The number of benzene rings is 1. The van der Waals surface area contributed by atoms with Crippen molar-refractivity contribution in [2.45, 2.75) is 25.5 Å². The number of ether oxygens (including phenoxy) is 2. The predicted octanol–water partition coefficient (Wildman–Crippen LogP) is 1.42. The first kappa shape index (κ1) is 21.8. The van der Waals surface area contributed by atoms with E-state index in [0.29, 0.717) is 6.54 Å². The van der Waals surface area contributed by atoms with Gasteiger partial charge in [-0.3, -0.25) is 9.80 Å². The van der Waals surface area contributed by atoms with E-state index in [-0.39, 0.29) is 12.5 Å². The maximum absolute atomic E-state index is 10.5. The van der Waals surface area contributed by atoms with Crippen LogP contribution in [0.1, 0.15) is 18.4 Å². The van der Waals surface area contributed by atoms with Gasteiger partial charge in [0, 0.05) is 56.8 Å². The van der Waals surface area contributed by atoms with E-state index in [1.54, 1.807) is 7.11 Å². The van der Waals surface area contributed by atoms with Crippen LogP contribution in [0.15, 0.2) is 18.2 Å². The largest absolute Gasteiger partial charge is 0.497 e. The Morgan fingerprint density at radius 1 is 1.14 bits per heavy atom. The van der Waals surface area contributed by atoms with Crippen molar-refractivity contribution in [2.24, 2.45) is 5.92 Å². The average Bonchev–Trinajstić information content (AvgIpc) is 2.75. The van der Waals surface area contributed by atoms with Gasteiger partial charge in [-0.05, 0) is 39.0 Å². The van der Waals surface area contributed by atoms with Gasteiger partial charge in [0.1, 0.15) is 24.2 Å². The molecular weight excluding hydrogens is 368 g/mol. The van der Waals surface area contributed by atoms with E-state index in [2.05, 4.69) is 27.8 Å². The Morgan fingerprint density at radius 3 is 2.52 bits per heavy atom. The smallest absolute Gasteiger partial charge is 0.127 e. The molecule has 2 aliphatic rings. The van der Waals surface area contributed by atoms with Crippen LogP contribution in [0.4, 0.5) is 0 Å². The number of aliphatic hydroxyl groups is 1. The van der Waals surface area contributed by atoms with Crippen LogP contribution in [0.2, 0.25) is 0 Å². The molecule has 0 unspecified atom stereocenters. The molecule has 0 saturated carbocycles. The van der Waals surface area contributed by atoms with Crippen LogP contribution in [0.3, 0.4) is 0 Å². The summed E-state index contributed by atoms with van der Waals surface area (Å²) >= 11 is 0. The molecule has 29 heavy (non-hydrogen) atoms. The lowest BCUT2D eigenvalue weighted by molar-refractivity contribution is 0.0499. The summed E-state index contributed by atoms with van der Waals surface area (Å²) < 4.78 is 11.4. The van der Waals surface area contributed by atoms with Crippen LogP contribution < -0.4 is 9.47 Å². The molecule has 1 aromatic rings. The molecule has 0 radical (unpaired) electrons. The van der Waals surface area contributed by atoms with Crippen LogP contribution in [0.5, 0.6) is 11.5 Å². The summed E-state index contributed by atoms with van der Waals surface area (Å²) in [5.74, 6) is 1.70. The second-order valence-corrected chi connectivity index (χ2v) is 8.22. The van der Waals surface area contributed by atoms with Gasteiger partial charge in [0.05, 0.1) is 13.2 Å². The highest BCUT2D eigenvalue weighted by Gasteiger charge is 2.21. The lowest BCUT2D eigenvalue weighted by atomic mass is 9.98. The molecule has 7 nitrogen and oxygen atoms in total. The number of methoxy groups -OCH3 is 1. The number of piperidine rings is 1. The van der Waals surface area contributed by atoms with E-state index in [9.17, 15) is 5.11 Å². The van der Waals surface area contributed by atoms with Crippen molar-refractivity contribution in [2.75, 3.05) is 66.6 Å². The van der Waals surface area contributed by atoms with Gasteiger partial charge in [0.25, 0.3) is 0 Å². The third-order valence-corrected chi connectivity index (χ3v) is 5.93. The minimum absolute atomic E-state index is 0.183. The molecule has 0 aromatic heterocycles. The molecule has 0 amide bonds. The van der Waals surface area contributed by atoms with E-state index in [4.69, 9.17) is 14.7 Å². The van der Waals surface area contributed by atoms with Crippen LogP contribution >= 0.6 is 0 Å². The average molecular weight is 403 g/mol. The SMILES string of the molecule is COc1ccc(CN2CCC(C#N)CC2)c(OC[C@H](O)CN2CCN(C)CC2)c1. The second-order valence-electron chi connectivity index (χ2n) is 8.22. The Hall–Kier alpha value is -1.85. The molecule has 0 aliphatic carbocycles. The second kappa shape index (κ2) is 10.8. The molecule has 2 saturated heterocycles. The molecule has 0 bridgehead atoms. The number of likely N-dealkylation sites (N-methyl/N-ethyl adjacent to an activating group) is 1. The highest BCUT2D eigenvalue weighted by molar-refractivity contribution is 5.40. The maximum atomic E-state index is 10.5. The van der Waals surface area contributed by atoms with Crippen molar-refractivity contribution in [1.29, 1.82) is 5.26 Å². The fourth-order valence-electron chi connectivity index (χ4n) is 3.96. The lowest BCUT2D eigenvalue weighted by Crippen LogP contribution is -2.47. The third kappa shape index (κ3) is 6.58. The first-order valence-corrected chi connectivity index (χ1v) is 10.6. The fraction of sp³-hybridized carbons (Fsp3) is 0.682. The number of hydrogen-bond donors (Lipinski definition) is 1. The molecular formula is C22H34N4O3. The molecule has 2 aliphatic heterocycles. The molecule has 2 heterocycles. The molecule has 1 N–H and O–H groups in total. The summed E-state index contributed by atoms with van der Waals surface area (Å²) in [6.07, 6.45) is 1.32. The summed E-state index contributed by atoms with van der Waals surface area (Å²) in [5, 5.41) is 19.6. The Bertz CT molecular complexity index is 677. The number of rotatable bonds is 8. The summed E-state index contributed by atoms with van der Waals surface area (Å²) in [4.78, 5) is 6.96. The van der Waals surface area contributed by atoms with Gasteiger partial charge in [-0.2, -0.15) is 5.26 Å².